The van der Waals surface area contributed by atoms with Crippen LogP contribution in [-0.4, -0.2) is 36.0 Å². The summed E-state index contributed by atoms with van der Waals surface area (Å²) in [5.41, 5.74) is 5.93. The summed E-state index contributed by atoms with van der Waals surface area (Å²) in [5.74, 6) is -0.275. The summed E-state index contributed by atoms with van der Waals surface area (Å²) in [7, 11) is 2.08. The van der Waals surface area contributed by atoms with Crippen LogP contribution in [0.15, 0.2) is 28.7 Å². The Hall–Kier alpha value is -1.07. The van der Waals surface area contributed by atoms with E-state index in [-0.39, 0.29) is 5.91 Å². The third-order valence-electron chi connectivity index (χ3n) is 4.01. The smallest absolute Gasteiger partial charge is 0.243 e. The van der Waals surface area contributed by atoms with Crippen molar-refractivity contribution in [2.75, 3.05) is 18.9 Å². The third kappa shape index (κ3) is 2.92. The van der Waals surface area contributed by atoms with E-state index in [0.29, 0.717) is 6.04 Å². The summed E-state index contributed by atoms with van der Waals surface area (Å²) >= 11 is 3.50. The average Bonchev–Trinajstić information content (AvgIpc) is 2.36. The van der Waals surface area contributed by atoms with E-state index in [9.17, 15) is 4.79 Å². The van der Waals surface area contributed by atoms with Gasteiger partial charge >= 0.3 is 0 Å². The summed E-state index contributed by atoms with van der Waals surface area (Å²) in [5, 5.41) is 3.36. The number of nitrogens with one attached hydrogen (secondary N) is 1. The van der Waals surface area contributed by atoms with Crippen molar-refractivity contribution in [1.29, 1.82) is 0 Å². The van der Waals surface area contributed by atoms with Crippen LogP contribution in [0.4, 0.5) is 5.69 Å². The number of likely N-dealkylation sites (tertiary alicyclic amines) is 1. The lowest BCUT2D eigenvalue weighted by molar-refractivity contribution is -0.124. The fraction of sp³-hybridized carbons (Fsp3) is 0.500. The van der Waals surface area contributed by atoms with Crippen LogP contribution in [-0.2, 0) is 4.79 Å². The van der Waals surface area contributed by atoms with Gasteiger partial charge < -0.3 is 16.0 Å². The van der Waals surface area contributed by atoms with E-state index >= 15 is 0 Å². The number of hydrogen-bond acceptors (Lipinski definition) is 3. The van der Waals surface area contributed by atoms with Gasteiger partial charge in [-0.25, -0.2) is 0 Å². The van der Waals surface area contributed by atoms with Crippen molar-refractivity contribution in [3.8, 4) is 0 Å². The fourth-order valence-electron chi connectivity index (χ4n) is 2.57. The third-order valence-corrected chi connectivity index (χ3v) is 4.70. The van der Waals surface area contributed by atoms with Gasteiger partial charge in [-0.3, -0.25) is 4.79 Å². The van der Waals surface area contributed by atoms with Crippen LogP contribution in [0.5, 0.6) is 0 Å². The molecule has 1 aliphatic rings. The second kappa shape index (κ2) is 5.51. The van der Waals surface area contributed by atoms with E-state index in [1.165, 1.54) is 0 Å². The van der Waals surface area contributed by atoms with Crippen LogP contribution in [0.2, 0.25) is 0 Å². The van der Waals surface area contributed by atoms with Crippen LogP contribution in [0, 0.1) is 0 Å². The molecule has 4 nitrogen and oxygen atoms in total. The fourth-order valence-corrected chi connectivity index (χ4v) is 2.95. The zero-order valence-corrected chi connectivity index (χ0v) is 12.9. The minimum atomic E-state index is -0.657. The predicted molar refractivity (Wildman–Crippen MR) is 81.0 cm³/mol. The minimum absolute atomic E-state index is 0.275. The van der Waals surface area contributed by atoms with Crippen molar-refractivity contribution in [2.45, 2.75) is 31.3 Å². The van der Waals surface area contributed by atoms with Gasteiger partial charge in [0.05, 0.1) is 0 Å². The van der Waals surface area contributed by atoms with E-state index in [4.69, 9.17) is 5.73 Å². The highest BCUT2D eigenvalue weighted by atomic mass is 79.9. The number of para-hydroxylation sites is 1. The average molecular weight is 326 g/mol. The Kier molecular flexibility index (Phi) is 4.16. The molecule has 1 saturated heterocycles. The second-order valence-electron chi connectivity index (χ2n) is 5.33. The van der Waals surface area contributed by atoms with Crippen LogP contribution in [0.3, 0.4) is 0 Å². The Balaban J connectivity index is 2.26. The molecule has 1 heterocycles. The molecule has 1 aromatic rings. The number of amides is 1. The molecule has 1 amide bonds. The van der Waals surface area contributed by atoms with Crippen molar-refractivity contribution in [2.24, 2.45) is 5.73 Å². The van der Waals surface area contributed by atoms with Crippen molar-refractivity contribution in [3.63, 3.8) is 0 Å². The molecule has 1 aliphatic heterocycles. The Labute approximate surface area is 122 Å². The Morgan fingerprint density at radius 1 is 1.53 bits per heavy atom. The Morgan fingerprint density at radius 2 is 2.21 bits per heavy atom. The normalized spacial score (nSPS) is 28.1. The molecule has 1 aromatic carbocycles. The molecule has 0 radical (unpaired) electrons. The number of anilines is 1. The van der Waals surface area contributed by atoms with Gasteiger partial charge in [0.15, 0.2) is 0 Å². The Morgan fingerprint density at radius 3 is 2.79 bits per heavy atom. The number of nitrogens with two attached hydrogens (primary N) is 1. The number of hydrogen-bond donors (Lipinski definition) is 2. The molecule has 0 saturated carbocycles. The van der Waals surface area contributed by atoms with Crippen molar-refractivity contribution < 1.29 is 4.79 Å². The van der Waals surface area contributed by atoms with Gasteiger partial charge in [0.2, 0.25) is 5.91 Å². The molecule has 0 aliphatic carbocycles. The molecule has 104 valence electrons. The topological polar surface area (TPSA) is 58.4 Å². The maximum Gasteiger partial charge on any atom is 0.243 e. The molecule has 19 heavy (non-hydrogen) atoms. The lowest BCUT2D eigenvalue weighted by Gasteiger charge is -2.43. The van der Waals surface area contributed by atoms with Gasteiger partial charge in [-0.15, -0.1) is 0 Å². The van der Waals surface area contributed by atoms with Gasteiger partial charge in [0.1, 0.15) is 5.54 Å². The minimum Gasteiger partial charge on any atom is -0.370 e. The zero-order valence-electron chi connectivity index (χ0n) is 11.3. The number of rotatable bonds is 3. The molecular weight excluding hydrogens is 306 g/mol. The standard InChI is InChI=1S/C14H20BrN3O/c1-10-9-14(13(16)19,7-8-18(10)2)17-12-6-4-3-5-11(12)15/h3-6,10,17H,7-9H2,1-2H3,(H2,16,19). The molecule has 1 fully saturated rings. The molecule has 5 heteroatoms. The van der Waals surface area contributed by atoms with Crippen molar-refractivity contribution in [3.05, 3.63) is 28.7 Å². The van der Waals surface area contributed by atoms with E-state index in [1.807, 2.05) is 24.3 Å². The van der Waals surface area contributed by atoms with Gasteiger partial charge in [0.25, 0.3) is 0 Å². The summed E-state index contributed by atoms with van der Waals surface area (Å²) in [6.07, 6.45) is 1.45. The quantitative estimate of drug-likeness (QED) is 0.895. The number of nitrogens with zero attached hydrogens (tertiary/aromatic N) is 1. The first kappa shape index (κ1) is 14.3. The highest BCUT2D eigenvalue weighted by molar-refractivity contribution is 9.10. The first-order chi connectivity index (χ1) is 8.94. The summed E-state index contributed by atoms with van der Waals surface area (Å²) in [6.45, 7) is 2.99. The molecule has 2 atom stereocenters. The summed E-state index contributed by atoms with van der Waals surface area (Å²) in [6, 6.07) is 8.13. The van der Waals surface area contributed by atoms with Crippen LogP contribution >= 0.6 is 15.9 Å². The van der Waals surface area contributed by atoms with Crippen molar-refractivity contribution in [1.82, 2.24) is 4.90 Å². The molecule has 0 bridgehead atoms. The molecule has 2 unspecified atom stereocenters. The summed E-state index contributed by atoms with van der Waals surface area (Å²) < 4.78 is 0.946. The first-order valence-corrected chi connectivity index (χ1v) is 7.27. The lowest BCUT2D eigenvalue weighted by Crippen LogP contribution is -2.59. The molecular formula is C14H20BrN3O. The number of piperidine rings is 1. The molecule has 2 rings (SSSR count). The van der Waals surface area contributed by atoms with Gasteiger partial charge in [-0.2, -0.15) is 0 Å². The number of halogens is 1. The van der Waals surface area contributed by atoms with Crippen LogP contribution < -0.4 is 11.1 Å². The van der Waals surface area contributed by atoms with Gasteiger partial charge in [-0.1, -0.05) is 12.1 Å². The number of benzene rings is 1. The second-order valence-corrected chi connectivity index (χ2v) is 6.19. The SMILES string of the molecule is CC1CC(Nc2ccccc2Br)(C(N)=O)CCN1C. The van der Waals surface area contributed by atoms with E-state index < -0.39 is 5.54 Å². The lowest BCUT2D eigenvalue weighted by atomic mass is 9.83. The maximum atomic E-state index is 12.0. The molecule has 0 spiro atoms. The largest absolute Gasteiger partial charge is 0.370 e. The Bertz CT molecular complexity index is 480. The highest BCUT2D eigenvalue weighted by Crippen LogP contribution is 2.32. The van der Waals surface area contributed by atoms with E-state index in [1.54, 1.807) is 0 Å². The van der Waals surface area contributed by atoms with Crippen molar-refractivity contribution >= 4 is 27.5 Å². The monoisotopic (exact) mass is 325 g/mol. The zero-order chi connectivity index (χ0) is 14.0. The predicted octanol–water partition coefficient (Wildman–Crippen LogP) is 2.20. The van der Waals surface area contributed by atoms with E-state index in [2.05, 4.69) is 40.1 Å². The van der Waals surface area contributed by atoms with Crippen LogP contribution in [0.25, 0.3) is 0 Å². The van der Waals surface area contributed by atoms with Crippen LogP contribution in [0.1, 0.15) is 19.8 Å². The van der Waals surface area contributed by atoms with Gasteiger partial charge in [-0.05, 0) is 54.9 Å². The maximum absolute atomic E-state index is 12.0. The number of carbonyl (C=O) groups is 1. The number of carbonyl (C=O) groups excluding carboxylic acids is 1. The first-order valence-electron chi connectivity index (χ1n) is 6.47. The number of primary amides is 1. The molecule has 3 N–H and O–H groups in total. The molecule has 0 aromatic heterocycles. The summed E-state index contributed by atoms with van der Waals surface area (Å²) in [4.78, 5) is 14.2. The van der Waals surface area contributed by atoms with Gasteiger partial charge in [0, 0.05) is 22.7 Å². The highest BCUT2D eigenvalue weighted by Gasteiger charge is 2.42. The van der Waals surface area contributed by atoms with E-state index in [0.717, 1.165) is 29.5 Å².